The molecule has 0 N–H and O–H groups in total. The zero-order chi connectivity index (χ0) is 8.72. The van der Waals surface area contributed by atoms with Crippen molar-refractivity contribution in [3.63, 3.8) is 0 Å². The van der Waals surface area contributed by atoms with Crippen molar-refractivity contribution in [2.45, 2.75) is 20.8 Å². The normalized spacial score (nSPS) is 10.9. The Bertz CT molecular complexity index is 431. The Morgan fingerprint density at radius 3 is 2.67 bits per heavy atom. The standard InChI is InChI=1S/C9H10N2O/c1-5-4-6(2)10-9-8(5)11-7(3)12-9/h4H,1-3H3. The predicted molar refractivity (Wildman–Crippen MR) is 46.0 cm³/mol. The first-order valence-electron chi connectivity index (χ1n) is 3.88. The van der Waals surface area contributed by atoms with Crippen LogP contribution in [0, 0.1) is 20.8 Å². The van der Waals surface area contributed by atoms with E-state index in [2.05, 4.69) is 9.97 Å². The zero-order valence-electron chi connectivity index (χ0n) is 7.38. The van der Waals surface area contributed by atoms with Gasteiger partial charge in [-0.25, -0.2) is 9.97 Å². The third-order valence-electron chi connectivity index (χ3n) is 1.79. The van der Waals surface area contributed by atoms with Gasteiger partial charge >= 0.3 is 0 Å². The molecule has 0 aliphatic heterocycles. The summed E-state index contributed by atoms with van der Waals surface area (Å²) in [6, 6.07) is 2.00. The Balaban J connectivity index is 2.88. The minimum absolute atomic E-state index is 0.644. The van der Waals surface area contributed by atoms with E-state index in [1.54, 1.807) is 0 Å². The summed E-state index contributed by atoms with van der Waals surface area (Å²) in [4.78, 5) is 8.45. The quantitative estimate of drug-likeness (QED) is 0.595. The van der Waals surface area contributed by atoms with Gasteiger partial charge in [-0.3, -0.25) is 0 Å². The molecule has 0 unspecified atom stereocenters. The summed E-state index contributed by atoms with van der Waals surface area (Å²) in [5, 5.41) is 0. The SMILES string of the molecule is Cc1cc(C)c2nc(C)oc2n1. The van der Waals surface area contributed by atoms with Crippen molar-refractivity contribution >= 4 is 11.2 Å². The van der Waals surface area contributed by atoms with Crippen molar-refractivity contribution in [1.82, 2.24) is 9.97 Å². The Morgan fingerprint density at radius 2 is 1.92 bits per heavy atom. The number of aryl methyl sites for hydroxylation is 3. The van der Waals surface area contributed by atoms with Gasteiger partial charge in [0.05, 0.1) is 0 Å². The largest absolute Gasteiger partial charge is 0.423 e. The molecule has 2 aromatic heterocycles. The fourth-order valence-electron chi connectivity index (χ4n) is 1.32. The fraction of sp³-hybridized carbons (Fsp3) is 0.333. The van der Waals surface area contributed by atoms with Gasteiger partial charge in [0.25, 0.3) is 0 Å². The van der Waals surface area contributed by atoms with Crippen LogP contribution in [-0.2, 0) is 0 Å². The van der Waals surface area contributed by atoms with Crippen LogP contribution in [0.5, 0.6) is 0 Å². The summed E-state index contributed by atoms with van der Waals surface area (Å²) < 4.78 is 5.31. The first-order valence-corrected chi connectivity index (χ1v) is 3.88. The molecule has 0 radical (unpaired) electrons. The lowest BCUT2D eigenvalue weighted by molar-refractivity contribution is 0.550. The Morgan fingerprint density at radius 1 is 1.17 bits per heavy atom. The molecule has 0 aromatic carbocycles. The maximum absolute atomic E-state index is 5.31. The molecule has 0 aliphatic rings. The van der Waals surface area contributed by atoms with Crippen molar-refractivity contribution in [1.29, 1.82) is 0 Å². The highest BCUT2D eigenvalue weighted by Crippen LogP contribution is 2.17. The molecule has 0 amide bonds. The van der Waals surface area contributed by atoms with Crippen molar-refractivity contribution in [2.75, 3.05) is 0 Å². The average molecular weight is 162 g/mol. The van der Waals surface area contributed by atoms with E-state index >= 15 is 0 Å². The summed E-state index contributed by atoms with van der Waals surface area (Å²) in [7, 11) is 0. The number of pyridine rings is 1. The van der Waals surface area contributed by atoms with Crippen LogP contribution in [-0.4, -0.2) is 9.97 Å². The second-order valence-electron chi connectivity index (χ2n) is 2.97. The minimum atomic E-state index is 0.644. The second kappa shape index (κ2) is 2.30. The summed E-state index contributed by atoms with van der Waals surface area (Å²) in [6.07, 6.45) is 0. The molecule has 0 aliphatic carbocycles. The third kappa shape index (κ3) is 0.978. The number of oxazole rings is 1. The highest BCUT2D eigenvalue weighted by atomic mass is 16.4. The highest BCUT2D eigenvalue weighted by Gasteiger charge is 2.06. The first-order chi connectivity index (χ1) is 5.66. The van der Waals surface area contributed by atoms with Crippen LogP contribution in [0.25, 0.3) is 11.2 Å². The maximum atomic E-state index is 5.31. The molecule has 0 spiro atoms. The molecule has 0 bridgehead atoms. The number of hydrogen-bond acceptors (Lipinski definition) is 3. The Labute approximate surface area is 70.4 Å². The van der Waals surface area contributed by atoms with Crippen LogP contribution < -0.4 is 0 Å². The summed E-state index contributed by atoms with van der Waals surface area (Å²) >= 11 is 0. The van der Waals surface area contributed by atoms with Crippen LogP contribution in [0.1, 0.15) is 17.1 Å². The second-order valence-corrected chi connectivity index (χ2v) is 2.97. The van der Waals surface area contributed by atoms with Crippen LogP contribution in [0.15, 0.2) is 10.5 Å². The number of nitrogens with zero attached hydrogens (tertiary/aromatic N) is 2. The van der Waals surface area contributed by atoms with Crippen LogP contribution >= 0.6 is 0 Å². The van der Waals surface area contributed by atoms with Crippen molar-refractivity contribution < 1.29 is 4.42 Å². The van der Waals surface area contributed by atoms with E-state index in [9.17, 15) is 0 Å². The van der Waals surface area contributed by atoms with Crippen molar-refractivity contribution in [3.8, 4) is 0 Å². The first kappa shape index (κ1) is 7.28. The molecule has 2 aromatic rings. The molecule has 0 saturated carbocycles. The number of aromatic nitrogens is 2. The average Bonchev–Trinajstić information content (AvgIpc) is 2.29. The maximum Gasteiger partial charge on any atom is 0.247 e. The van der Waals surface area contributed by atoms with Crippen molar-refractivity contribution in [2.24, 2.45) is 0 Å². The van der Waals surface area contributed by atoms with Gasteiger partial charge in [-0.1, -0.05) is 0 Å². The smallest absolute Gasteiger partial charge is 0.247 e. The molecule has 0 saturated heterocycles. The molecular weight excluding hydrogens is 152 g/mol. The lowest BCUT2D eigenvalue weighted by Crippen LogP contribution is -1.84. The zero-order valence-corrected chi connectivity index (χ0v) is 7.38. The van der Waals surface area contributed by atoms with Crippen LogP contribution in [0.4, 0.5) is 0 Å². The highest BCUT2D eigenvalue weighted by molar-refractivity contribution is 5.72. The Kier molecular flexibility index (Phi) is 1.40. The lowest BCUT2D eigenvalue weighted by Gasteiger charge is -1.93. The van der Waals surface area contributed by atoms with E-state index in [-0.39, 0.29) is 0 Å². The van der Waals surface area contributed by atoms with Gasteiger partial charge in [0.15, 0.2) is 5.89 Å². The molecule has 2 heterocycles. The van der Waals surface area contributed by atoms with Crippen LogP contribution in [0.2, 0.25) is 0 Å². The summed E-state index contributed by atoms with van der Waals surface area (Å²) in [5.74, 6) is 0.672. The van der Waals surface area contributed by atoms with E-state index in [1.165, 1.54) is 0 Å². The number of hydrogen-bond donors (Lipinski definition) is 0. The fourth-order valence-corrected chi connectivity index (χ4v) is 1.32. The lowest BCUT2D eigenvalue weighted by atomic mass is 10.2. The molecule has 12 heavy (non-hydrogen) atoms. The van der Waals surface area contributed by atoms with Gasteiger partial charge in [0.2, 0.25) is 5.71 Å². The van der Waals surface area contributed by atoms with E-state index in [0.717, 1.165) is 16.8 Å². The molecule has 3 nitrogen and oxygen atoms in total. The topological polar surface area (TPSA) is 38.9 Å². The number of fused-ring (bicyclic) bond motifs is 1. The molecule has 62 valence electrons. The summed E-state index contributed by atoms with van der Waals surface area (Å²) in [6.45, 7) is 5.79. The minimum Gasteiger partial charge on any atom is -0.423 e. The molecule has 0 fully saturated rings. The predicted octanol–water partition coefficient (Wildman–Crippen LogP) is 2.15. The molecule has 3 heteroatoms. The van der Waals surface area contributed by atoms with Crippen LogP contribution in [0.3, 0.4) is 0 Å². The van der Waals surface area contributed by atoms with Gasteiger partial charge in [-0.2, -0.15) is 0 Å². The number of rotatable bonds is 0. The molecule has 2 rings (SSSR count). The van der Waals surface area contributed by atoms with Gasteiger partial charge in [0.1, 0.15) is 5.52 Å². The van der Waals surface area contributed by atoms with E-state index in [0.29, 0.717) is 11.6 Å². The monoisotopic (exact) mass is 162 g/mol. The van der Waals surface area contributed by atoms with Gasteiger partial charge in [0, 0.05) is 12.6 Å². The molecular formula is C9H10N2O. The van der Waals surface area contributed by atoms with E-state index in [1.807, 2.05) is 26.8 Å². The van der Waals surface area contributed by atoms with Gasteiger partial charge in [-0.05, 0) is 25.5 Å². The Hall–Kier alpha value is -1.38. The summed E-state index contributed by atoms with van der Waals surface area (Å²) in [5.41, 5.74) is 3.61. The molecule has 0 atom stereocenters. The van der Waals surface area contributed by atoms with E-state index in [4.69, 9.17) is 4.42 Å². The third-order valence-corrected chi connectivity index (χ3v) is 1.79. The van der Waals surface area contributed by atoms with Crippen molar-refractivity contribution in [3.05, 3.63) is 23.2 Å². The van der Waals surface area contributed by atoms with Gasteiger partial charge in [-0.15, -0.1) is 0 Å². The van der Waals surface area contributed by atoms with E-state index < -0.39 is 0 Å². The van der Waals surface area contributed by atoms with Gasteiger partial charge < -0.3 is 4.42 Å².